The summed E-state index contributed by atoms with van der Waals surface area (Å²) in [5.41, 5.74) is 0. The van der Waals surface area contributed by atoms with E-state index in [0.717, 1.165) is 37.0 Å². The van der Waals surface area contributed by atoms with Gasteiger partial charge in [-0.15, -0.1) is 10.2 Å². The quantitative estimate of drug-likeness (QED) is 0.724. The molecule has 1 amide bonds. The van der Waals surface area contributed by atoms with E-state index in [2.05, 4.69) is 27.8 Å². The number of amides is 1. The fourth-order valence-corrected chi connectivity index (χ4v) is 3.27. The third kappa shape index (κ3) is 4.74. The highest BCUT2D eigenvalue weighted by Gasteiger charge is 2.15. The van der Waals surface area contributed by atoms with E-state index >= 15 is 0 Å². The molecule has 2 N–H and O–H groups in total. The maximum atomic E-state index is 11.9. The molecule has 0 saturated heterocycles. The molecule has 112 valence electrons. The highest BCUT2D eigenvalue weighted by molar-refractivity contribution is 7.17. The van der Waals surface area contributed by atoms with Crippen molar-refractivity contribution >= 4 is 22.4 Å². The number of anilines is 1. The summed E-state index contributed by atoms with van der Waals surface area (Å²) in [6.07, 6.45) is 8.84. The third-order valence-corrected chi connectivity index (χ3v) is 4.57. The van der Waals surface area contributed by atoms with E-state index in [1.54, 1.807) is 0 Å². The molecule has 1 aliphatic rings. The van der Waals surface area contributed by atoms with E-state index in [1.165, 1.54) is 43.4 Å². The molecule has 0 bridgehead atoms. The van der Waals surface area contributed by atoms with E-state index in [9.17, 15) is 4.79 Å². The Morgan fingerprint density at radius 3 is 2.85 bits per heavy atom. The van der Waals surface area contributed by atoms with Gasteiger partial charge in [0.25, 0.3) is 5.91 Å². The van der Waals surface area contributed by atoms with Crippen LogP contribution in [0.3, 0.4) is 0 Å². The minimum atomic E-state index is -0.0986. The molecule has 1 aromatic rings. The van der Waals surface area contributed by atoms with Crippen molar-refractivity contribution < 1.29 is 4.79 Å². The van der Waals surface area contributed by atoms with Gasteiger partial charge in [-0.1, -0.05) is 43.9 Å². The predicted molar refractivity (Wildman–Crippen MR) is 82.2 cm³/mol. The molecule has 1 fully saturated rings. The number of rotatable bonds is 8. The predicted octanol–water partition coefficient (Wildman–Crippen LogP) is 3.06. The molecule has 1 aliphatic carbocycles. The van der Waals surface area contributed by atoms with Crippen molar-refractivity contribution in [3.8, 4) is 0 Å². The van der Waals surface area contributed by atoms with Crippen molar-refractivity contribution in [2.75, 3.05) is 18.4 Å². The first-order valence-electron chi connectivity index (χ1n) is 7.65. The zero-order valence-corrected chi connectivity index (χ0v) is 13.0. The minimum Gasteiger partial charge on any atom is -0.360 e. The number of carbonyl (C=O) groups is 1. The second-order valence-electron chi connectivity index (χ2n) is 5.39. The summed E-state index contributed by atoms with van der Waals surface area (Å²) in [6, 6.07) is 0. The van der Waals surface area contributed by atoms with Crippen LogP contribution in [0.1, 0.15) is 61.7 Å². The van der Waals surface area contributed by atoms with Crippen molar-refractivity contribution in [2.24, 2.45) is 5.92 Å². The van der Waals surface area contributed by atoms with E-state index < -0.39 is 0 Å². The summed E-state index contributed by atoms with van der Waals surface area (Å²) in [6.45, 7) is 3.69. The van der Waals surface area contributed by atoms with Crippen LogP contribution in [0.25, 0.3) is 0 Å². The van der Waals surface area contributed by atoms with Gasteiger partial charge in [0.2, 0.25) is 10.1 Å². The van der Waals surface area contributed by atoms with Crippen LogP contribution in [0.4, 0.5) is 5.13 Å². The first-order chi connectivity index (χ1) is 9.79. The summed E-state index contributed by atoms with van der Waals surface area (Å²) >= 11 is 1.32. The van der Waals surface area contributed by atoms with Crippen LogP contribution in [0.5, 0.6) is 0 Å². The van der Waals surface area contributed by atoms with Crippen LogP contribution in [-0.4, -0.2) is 29.2 Å². The summed E-state index contributed by atoms with van der Waals surface area (Å²) < 4.78 is 0. The lowest BCUT2D eigenvalue weighted by Gasteiger charge is -2.08. The summed E-state index contributed by atoms with van der Waals surface area (Å²) in [5, 5.41) is 15.1. The molecule has 2 rings (SSSR count). The Bertz CT molecular complexity index is 415. The molecule has 0 radical (unpaired) electrons. The highest BCUT2D eigenvalue weighted by atomic mass is 32.1. The monoisotopic (exact) mass is 296 g/mol. The molecule has 0 aliphatic heterocycles. The lowest BCUT2D eigenvalue weighted by Crippen LogP contribution is -2.24. The first-order valence-corrected chi connectivity index (χ1v) is 8.47. The van der Waals surface area contributed by atoms with Crippen molar-refractivity contribution in [1.82, 2.24) is 15.5 Å². The van der Waals surface area contributed by atoms with Crippen LogP contribution < -0.4 is 10.6 Å². The Balaban J connectivity index is 1.64. The fourth-order valence-electron chi connectivity index (χ4n) is 2.59. The maximum absolute atomic E-state index is 11.9. The van der Waals surface area contributed by atoms with Gasteiger partial charge in [-0.2, -0.15) is 0 Å². The molecule has 1 saturated carbocycles. The van der Waals surface area contributed by atoms with Gasteiger partial charge in [0.05, 0.1) is 0 Å². The summed E-state index contributed by atoms with van der Waals surface area (Å²) in [7, 11) is 0. The maximum Gasteiger partial charge on any atom is 0.282 e. The number of nitrogens with zero attached hydrogens (tertiary/aromatic N) is 2. The van der Waals surface area contributed by atoms with E-state index in [-0.39, 0.29) is 5.91 Å². The van der Waals surface area contributed by atoms with Crippen LogP contribution in [-0.2, 0) is 0 Å². The standard InChI is InChI=1S/C14H24N4OS/c1-2-9-16-14-18-17-13(20-14)12(19)15-10-5-8-11-6-3-4-7-11/h11H,2-10H2,1H3,(H,15,19)(H,16,18). The van der Waals surface area contributed by atoms with Gasteiger partial charge in [0.1, 0.15) is 0 Å². The number of hydrogen-bond acceptors (Lipinski definition) is 5. The molecule has 0 aromatic carbocycles. The summed E-state index contributed by atoms with van der Waals surface area (Å²) in [5.74, 6) is 0.789. The number of aromatic nitrogens is 2. The Hall–Kier alpha value is -1.17. The zero-order chi connectivity index (χ0) is 14.2. The van der Waals surface area contributed by atoms with Crippen LogP contribution in [0.15, 0.2) is 0 Å². The second-order valence-corrected chi connectivity index (χ2v) is 6.37. The average Bonchev–Trinajstić information content (AvgIpc) is 3.12. The van der Waals surface area contributed by atoms with Gasteiger partial charge < -0.3 is 10.6 Å². The van der Waals surface area contributed by atoms with Crippen LogP contribution in [0, 0.1) is 5.92 Å². The number of carbonyl (C=O) groups excluding carboxylic acids is 1. The van der Waals surface area contributed by atoms with Gasteiger partial charge in [-0.05, 0) is 25.2 Å². The molecule has 0 unspecified atom stereocenters. The Morgan fingerprint density at radius 1 is 1.30 bits per heavy atom. The Kier molecular flexibility index (Phi) is 6.24. The lowest BCUT2D eigenvalue weighted by atomic mass is 10.0. The van der Waals surface area contributed by atoms with Crippen LogP contribution in [0.2, 0.25) is 0 Å². The third-order valence-electron chi connectivity index (χ3n) is 3.69. The van der Waals surface area contributed by atoms with Gasteiger partial charge in [-0.25, -0.2) is 0 Å². The van der Waals surface area contributed by atoms with E-state index in [1.807, 2.05) is 0 Å². The smallest absolute Gasteiger partial charge is 0.282 e. The van der Waals surface area contributed by atoms with E-state index in [4.69, 9.17) is 0 Å². The van der Waals surface area contributed by atoms with Gasteiger partial charge >= 0.3 is 0 Å². The fraction of sp³-hybridized carbons (Fsp3) is 0.786. The van der Waals surface area contributed by atoms with Gasteiger partial charge in [0.15, 0.2) is 0 Å². The molecule has 0 atom stereocenters. The largest absolute Gasteiger partial charge is 0.360 e. The zero-order valence-electron chi connectivity index (χ0n) is 12.2. The first kappa shape index (κ1) is 15.2. The minimum absolute atomic E-state index is 0.0986. The second kappa shape index (κ2) is 8.19. The lowest BCUT2D eigenvalue weighted by molar-refractivity contribution is 0.0951. The highest BCUT2D eigenvalue weighted by Crippen LogP contribution is 2.28. The molecule has 6 heteroatoms. The topological polar surface area (TPSA) is 66.9 Å². The SMILES string of the molecule is CCCNc1nnc(C(=O)NCCCC2CCCC2)s1. The number of nitrogens with one attached hydrogen (secondary N) is 2. The van der Waals surface area contributed by atoms with Crippen molar-refractivity contribution in [1.29, 1.82) is 0 Å². The summed E-state index contributed by atoms with van der Waals surface area (Å²) in [4.78, 5) is 11.9. The Labute approximate surface area is 124 Å². The van der Waals surface area contributed by atoms with Crippen LogP contribution >= 0.6 is 11.3 Å². The molecule has 0 spiro atoms. The average molecular weight is 296 g/mol. The number of hydrogen-bond donors (Lipinski definition) is 2. The normalized spacial score (nSPS) is 15.4. The molecule has 20 heavy (non-hydrogen) atoms. The molecule has 5 nitrogen and oxygen atoms in total. The van der Waals surface area contributed by atoms with Gasteiger partial charge in [0, 0.05) is 13.1 Å². The van der Waals surface area contributed by atoms with Crippen molar-refractivity contribution in [3.05, 3.63) is 5.01 Å². The van der Waals surface area contributed by atoms with E-state index in [0.29, 0.717) is 5.01 Å². The molecule has 1 heterocycles. The Morgan fingerprint density at radius 2 is 2.10 bits per heavy atom. The molecular formula is C14H24N4OS. The van der Waals surface area contributed by atoms with Crippen molar-refractivity contribution in [3.63, 3.8) is 0 Å². The van der Waals surface area contributed by atoms with Gasteiger partial charge in [-0.3, -0.25) is 4.79 Å². The van der Waals surface area contributed by atoms with Crippen molar-refractivity contribution in [2.45, 2.75) is 51.9 Å². The molecule has 1 aromatic heterocycles. The molecular weight excluding hydrogens is 272 g/mol.